The van der Waals surface area contributed by atoms with E-state index in [1.165, 1.54) is 8.61 Å². The molecule has 0 heterocycles. The summed E-state index contributed by atoms with van der Waals surface area (Å²) < 4.78 is 31.3. The second-order valence-electron chi connectivity index (χ2n) is 9.39. The summed E-state index contributed by atoms with van der Waals surface area (Å²) in [6.07, 6.45) is 15.4. The molecule has 4 aromatic carbocycles. The van der Waals surface area contributed by atoms with Crippen molar-refractivity contribution >= 4 is 34.5 Å². The van der Waals surface area contributed by atoms with Crippen molar-refractivity contribution in [1.29, 1.82) is 0 Å². The van der Waals surface area contributed by atoms with Crippen molar-refractivity contribution in [1.82, 2.24) is 8.61 Å². The van der Waals surface area contributed by atoms with Crippen molar-refractivity contribution in [2.24, 2.45) is 0 Å². The van der Waals surface area contributed by atoms with E-state index in [1.807, 2.05) is 170 Å². The van der Waals surface area contributed by atoms with E-state index in [1.54, 1.807) is 0 Å². The first-order chi connectivity index (χ1) is 20.1. The first-order valence-electron chi connectivity index (χ1n) is 13.7. The van der Waals surface area contributed by atoms with Gasteiger partial charge in [0.2, 0.25) is 0 Å². The predicted octanol–water partition coefficient (Wildman–Crippen LogP) is 7.69. The highest BCUT2D eigenvalue weighted by Gasteiger charge is 2.27. The number of hydrogen-bond acceptors (Lipinski definition) is 2. The van der Waals surface area contributed by atoms with E-state index >= 15 is 0 Å². The van der Waals surface area contributed by atoms with Crippen molar-refractivity contribution in [3.05, 3.63) is 168 Å². The number of hydrogen-bond donors (Lipinski definition) is 0. The van der Waals surface area contributed by atoms with Crippen LogP contribution in [0.3, 0.4) is 0 Å². The average molecular weight is 561 g/mol. The Morgan fingerprint density at radius 2 is 0.610 bits per heavy atom. The van der Waals surface area contributed by atoms with Crippen LogP contribution in [-0.4, -0.2) is 43.2 Å². The van der Waals surface area contributed by atoms with Crippen LogP contribution in [0.4, 0.5) is 0 Å². The molecule has 0 aliphatic carbocycles. The summed E-state index contributed by atoms with van der Waals surface area (Å²) in [6.45, 7) is 0.991. The maximum Gasteiger partial charge on any atom is 0.283 e. The van der Waals surface area contributed by atoms with Crippen LogP contribution < -0.4 is 0 Å². The van der Waals surface area contributed by atoms with Gasteiger partial charge < -0.3 is 0 Å². The van der Waals surface area contributed by atoms with Gasteiger partial charge in [0.15, 0.2) is 0 Å². The zero-order chi connectivity index (χ0) is 28.6. The maximum atomic E-state index is 14.1. The van der Waals surface area contributed by atoms with E-state index in [0.29, 0.717) is 0 Å². The van der Waals surface area contributed by atoms with E-state index in [2.05, 4.69) is 0 Å². The fraction of sp³-hybridized carbons (Fsp3) is 0.111. The molecule has 4 aromatic rings. The molecule has 0 saturated heterocycles. The summed E-state index contributed by atoms with van der Waals surface area (Å²) in [4.78, 5) is 0. The molecule has 5 heteroatoms. The van der Waals surface area contributed by atoms with Crippen LogP contribution in [0.2, 0.25) is 0 Å². The molecule has 208 valence electrons. The van der Waals surface area contributed by atoms with Gasteiger partial charge in [-0.2, -0.15) is 17.0 Å². The summed E-state index contributed by atoms with van der Waals surface area (Å²) in [6, 6.07) is 39.6. The van der Waals surface area contributed by atoms with Crippen molar-refractivity contribution in [3.63, 3.8) is 0 Å². The predicted molar refractivity (Wildman–Crippen MR) is 174 cm³/mol. The Labute approximate surface area is 245 Å². The van der Waals surface area contributed by atoms with Crippen molar-refractivity contribution < 1.29 is 8.42 Å². The summed E-state index contributed by atoms with van der Waals surface area (Å²) in [5, 5.41) is 0. The van der Waals surface area contributed by atoms with Gasteiger partial charge >= 0.3 is 0 Å². The average Bonchev–Trinajstić information content (AvgIpc) is 3.01. The lowest BCUT2D eigenvalue weighted by atomic mass is 10.2. The van der Waals surface area contributed by atoms with Crippen LogP contribution in [0.1, 0.15) is 22.3 Å². The quantitative estimate of drug-likeness (QED) is 0.159. The lowest BCUT2D eigenvalue weighted by Crippen LogP contribution is -2.44. The second kappa shape index (κ2) is 16.1. The van der Waals surface area contributed by atoms with E-state index in [9.17, 15) is 8.42 Å². The van der Waals surface area contributed by atoms with E-state index in [-0.39, 0.29) is 26.2 Å². The van der Waals surface area contributed by atoms with Crippen LogP contribution in [0, 0.1) is 0 Å². The third-order valence-corrected chi connectivity index (χ3v) is 8.23. The molecule has 0 N–H and O–H groups in total. The van der Waals surface area contributed by atoms with Crippen LogP contribution >= 0.6 is 0 Å². The monoisotopic (exact) mass is 560 g/mol. The molecule has 0 radical (unpaired) electrons. The van der Waals surface area contributed by atoms with E-state index < -0.39 is 10.2 Å². The van der Waals surface area contributed by atoms with Gasteiger partial charge in [0.1, 0.15) is 0 Å². The van der Waals surface area contributed by atoms with Crippen LogP contribution in [-0.2, 0) is 10.2 Å². The minimum absolute atomic E-state index is 0.248. The molecule has 4 nitrogen and oxygen atoms in total. The molecule has 0 amide bonds. The Morgan fingerprint density at radius 1 is 0.390 bits per heavy atom. The van der Waals surface area contributed by atoms with Gasteiger partial charge in [-0.3, -0.25) is 0 Å². The molecule has 4 rings (SSSR count). The first kappa shape index (κ1) is 29.7. The number of nitrogens with zero attached hydrogens (tertiary/aromatic N) is 2. The normalized spacial score (nSPS) is 12.5. The Hall–Kier alpha value is -4.29. The fourth-order valence-electron chi connectivity index (χ4n) is 4.17. The Bertz CT molecular complexity index is 1310. The zero-order valence-electron chi connectivity index (χ0n) is 23.1. The SMILES string of the molecule is O=S(=O)(N(C/C=C/c1ccccc1)C/C=C/c1ccccc1)N(C/C=C/c1ccccc1)C/C=C/c1ccccc1. The van der Waals surface area contributed by atoms with Gasteiger partial charge in [0.25, 0.3) is 10.2 Å². The Kier molecular flexibility index (Phi) is 11.7. The third-order valence-electron chi connectivity index (χ3n) is 6.33. The smallest absolute Gasteiger partial charge is 0.195 e. The van der Waals surface area contributed by atoms with Crippen LogP contribution in [0.25, 0.3) is 24.3 Å². The molecule has 0 saturated carbocycles. The van der Waals surface area contributed by atoms with Gasteiger partial charge in [-0.15, -0.1) is 0 Å². The molecule has 0 unspecified atom stereocenters. The number of rotatable bonds is 14. The molecular weight excluding hydrogens is 524 g/mol. The molecule has 0 spiro atoms. The summed E-state index contributed by atoms with van der Waals surface area (Å²) in [7, 11) is -3.82. The highest BCUT2D eigenvalue weighted by atomic mass is 32.2. The molecule has 0 atom stereocenters. The van der Waals surface area contributed by atoms with Crippen molar-refractivity contribution in [2.45, 2.75) is 0 Å². The zero-order valence-corrected chi connectivity index (χ0v) is 23.9. The van der Waals surface area contributed by atoms with Gasteiger partial charge in [0, 0.05) is 26.2 Å². The van der Waals surface area contributed by atoms with Crippen LogP contribution in [0.5, 0.6) is 0 Å². The van der Waals surface area contributed by atoms with Gasteiger partial charge in [-0.1, -0.05) is 170 Å². The summed E-state index contributed by atoms with van der Waals surface area (Å²) >= 11 is 0. The largest absolute Gasteiger partial charge is 0.283 e. The maximum absolute atomic E-state index is 14.1. The van der Waals surface area contributed by atoms with Gasteiger partial charge in [-0.25, -0.2) is 0 Å². The topological polar surface area (TPSA) is 40.6 Å². The molecule has 0 aliphatic rings. The summed E-state index contributed by atoms with van der Waals surface area (Å²) in [5.41, 5.74) is 4.10. The Balaban J connectivity index is 1.57. The lowest BCUT2D eigenvalue weighted by Gasteiger charge is -2.27. The first-order valence-corrected chi connectivity index (χ1v) is 15.1. The van der Waals surface area contributed by atoms with E-state index in [4.69, 9.17) is 0 Å². The minimum Gasteiger partial charge on any atom is -0.195 e. The third kappa shape index (κ3) is 10.00. The highest BCUT2D eigenvalue weighted by molar-refractivity contribution is 7.86. The van der Waals surface area contributed by atoms with Crippen molar-refractivity contribution in [3.8, 4) is 0 Å². The van der Waals surface area contributed by atoms with Crippen molar-refractivity contribution in [2.75, 3.05) is 26.2 Å². The van der Waals surface area contributed by atoms with Gasteiger partial charge in [0.05, 0.1) is 0 Å². The number of benzene rings is 4. The lowest BCUT2D eigenvalue weighted by molar-refractivity contribution is 0.395. The van der Waals surface area contributed by atoms with Crippen LogP contribution in [0.15, 0.2) is 146 Å². The Morgan fingerprint density at radius 3 is 0.829 bits per heavy atom. The minimum atomic E-state index is -3.82. The van der Waals surface area contributed by atoms with E-state index in [0.717, 1.165) is 22.3 Å². The molecule has 0 aromatic heterocycles. The standard InChI is InChI=1S/C36H36N2O2S/c39-41(40,37(29-13-25-33-17-5-1-6-18-33)30-14-26-34-19-7-2-8-20-34)38(31-15-27-35-21-9-3-10-22-35)32-16-28-36-23-11-4-12-24-36/h1-28H,29-32H2/b25-13+,26-14+,27-15+,28-16+. The highest BCUT2D eigenvalue weighted by Crippen LogP contribution is 2.13. The summed E-state index contributed by atoms with van der Waals surface area (Å²) in [5.74, 6) is 0. The molecule has 0 bridgehead atoms. The second-order valence-corrected chi connectivity index (χ2v) is 11.3. The fourth-order valence-corrected chi connectivity index (χ4v) is 5.60. The molecule has 0 fully saturated rings. The molecular formula is C36H36N2O2S. The molecule has 41 heavy (non-hydrogen) atoms. The molecule has 0 aliphatic heterocycles. The van der Waals surface area contributed by atoms with Gasteiger partial charge in [-0.05, 0) is 22.3 Å².